The molecule has 0 aromatic heterocycles. The maximum atomic E-state index is 14.3. The van der Waals surface area contributed by atoms with Crippen LogP contribution in [-0.2, 0) is 19.5 Å². The van der Waals surface area contributed by atoms with E-state index in [-0.39, 0.29) is 24.6 Å². The zero-order valence-electron chi connectivity index (χ0n) is 16.9. The summed E-state index contributed by atoms with van der Waals surface area (Å²) < 4.78 is 48.8. The van der Waals surface area contributed by atoms with E-state index >= 15 is 0 Å². The monoisotopic (exact) mass is 498 g/mol. The van der Waals surface area contributed by atoms with Crippen LogP contribution in [-0.4, -0.2) is 31.8 Å². The van der Waals surface area contributed by atoms with Crippen molar-refractivity contribution in [3.05, 3.63) is 69.9 Å². The minimum Gasteiger partial charge on any atom is -0.456 e. The number of amidine groups is 1. The molecule has 2 aromatic carbocycles. The summed E-state index contributed by atoms with van der Waals surface area (Å²) >= 11 is 3.38. The second kappa shape index (κ2) is 8.28. The first-order chi connectivity index (χ1) is 14.0. The molecule has 1 heterocycles. The van der Waals surface area contributed by atoms with Crippen LogP contribution in [0.15, 0.2) is 58.0 Å². The minimum absolute atomic E-state index is 0.110. The number of nitrogens with one attached hydrogen (secondary N) is 1. The molecule has 0 spiro atoms. The van der Waals surface area contributed by atoms with Gasteiger partial charge < -0.3 is 9.84 Å². The van der Waals surface area contributed by atoms with E-state index < -0.39 is 32.2 Å². The first-order valence-corrected chi connectivity index (χ1v) is 11.7. The lowest BCUT2D eigenvalue weighted by atomic mass is 9.85. The molecule has 0 aliphatic carbocycles. The summed E-state index contributed by atoms with van der Waals surface area (Å²) in [5, 5.41) is 9.41. The number of sulfonamides is 1. The molecule has 2 aromatic rings. The maximum Gasteiger partial charge on any atom is 0.299 e. The second-order valence-corrected chi connectivity index (χ2v) is 10.7. The summed E-state index contributed by atoms with van der Waals surface area (Å²) in [7, 11) is -3.99. The molecule has 9 heteroatoms. The molecule has 2 unspecified atom stereocenters. The number of ether oxygens (including phenoxy) is 1. The van der Waals surface area contributed by atoms with E-state index in [4.69, 9.17) is 4.74 Å². The van der Waals surface area contributed by atoms with Gasteiger partial charge in [-0.25, -0.2) is 22.5 Å². The van der Waals surface area contributed by atoms with Crippen molar-refractivity contribution in [1.29, 1.82) is 0 Å². The van der Waals surface area contributed by atoms with Crippen LogP contribution in [0.2, 0.25) is 0 Å². The molecule has 1 fully saturated rings. The molecule has 2 N–H and O–H groups in total. The van der Waals surface area contributed by atoms with Gasteiger partial charge in [-0.2, -0.15) is 0 Å². The minimum atomic E-state index is -3.99. The molecular weight excluding hydrogens is 475 g/mol. The number of rotatable bonds is 5. The molecule has 0 saturated carbocycles. The zero-order valence-corrected chi connectivity index (χ0v) is 19.3. The average molecular weight is 499 g/mol. The first kappa shape index (κ1) is 22.7. The molecule has 1 aliphatic heterocycles. The van der Waals surface area contributed by atoms with Crippen molar-refractivity contribution in [1.82, 2.24) is 4.72 Å². The summed E-state index contributed by atoms with van der Waals surface area (Å²) in [6.45, 7) is 4.69. The van der Waals surface area contributed by atoms with Gasteiger partial charge in [0, 0.05) is 16.6 Å². The van der Waals surface area contributed by atoms with Gasteiger partial charge in [-0.15, -0.1) is 0 Å². The predicted molar refractivity (Wildman–Crippen MR) is 117 cm³/mol. The molecule has 1 saturated heterocycles. The highest BCUT2D eigenvalue weighted by Gasteiger charge is 2.59. The van der Waals surface area contributed by atoms with Crippen LogP contribution in [0.5, 0.6) is 0 Å². The van der Waals surface area contributed by atoms with Crippen LogP contribution in [0.1, 0.15) is 44.4 Å². The lowest BCUT2D eigenvalue weighted by Crippen LogP contribution is -2.63. The van der Waals surface area contributed by atoms with Crippen LogP contribution in [0.25, 0.3) is 0 Å². The van der Waals surface area contributed by atoms with Crippen molar-refractivity contribution in [2.45, 2.75) is 43.6 Å². The lowest BCUT2D eigenvalue weighted by Gasteiger charge is -2.47. The molecular formula is C21H24BrFN2O4S. The van der Waals surface area contributed by atoms with E-state index in [1.54, 1.807) is 57.2 Å². The highest BCUT2D eigenvalue weighted by Crippen LogP contribution is 2.45. The number of nitrogens with zero attached hydrogens (tertiary/aromatic N) is 1. The van der Waals surface area contributed by atoms with Gasteiger partial charge >= 0.3 is 0 Å². The Morgan fingerprint density at radius 3 is 2.50 bits per heavy atom. The Balaban J connectivity index is 2.05. The van der Waals surface area contributed by atoms with Gasteiger partial charge in [0.2, 0.25) is 10.0 Å². The fourth-order valence-electron chi connectivity index (χ4n) is 3.54. The zero-order chi connectivity index (χ0) is 22.2. The largest absolute Gasteiger partial charge is 0.456 e. The maximum absolute atomic E-state index is 14.3. The van der Waals surface area contributed by atoms with Gasteiger partial charge in [0.1, 0.15) is 11.4 Å². The standard InChI is InChI=1S/C21H24BrFN2O4S/c1-20(2)21(3,14-7-6-8-15(22)13-14)30(27,28)25-19(29-20)24-18(11-12-26)16-9-4-5-10-17(16)23/h4-10,13,18,26H,11-12H2,1-3H3,(H,24,25). The van der Waals surface area contributed by atoms with Crippen molar-refractivity contribution in [3.63, 3.8) is 0 Å². The third-order valence-corrected chi connectivity index (χ3v) is 8.31. The molecule has 0 radical (unpaired) electrons. The molecule has 30 heavy (non-hydrogen) atoms. The van der Waals surface area contributed by atoms with E-state index in [0.717, 1.165) is 4.47 Å². The van der Waals surface area contributed by atoms with Crippen LogP contribution in [0.4, 0.5) is 4.39 Å². The number of benzene rings is 2. The number of hydrogen-bond donors (Lipinski definition) is 2. The van der Waals surface area contributed by atoms with Crippen LogP contribution < -0.4 is 4.72 Å². The van der Waals surface area contributed by atoms with Crippen LogP contribution >= 0.6 is 15.9 Å². The highest BCUT2D eigenvalue weighted by molar-refractivity contribution is 9.10. The SMILES string of the molecule is CC1(C)OC(=NC(CCO)c2ccccc2F)NS(=O)(=O)C1(C)c1cccc(Br)c1. The second-order valence-electron chi connectivity index (χ2n) is 7.75. The third kappa shape index (κ3) is 3.98. The Morgan fingerprint density at radius 1 is 1.20 bits per heavy atom. The normalized spacial score (nSPS) is 24.7. The van der Waals surface area contributed by atoms with Gasteiger partial charge in [-0.1, -0.05) is 46.3 Å². The molecule has 6 nitrogen and oxygen atoms in total. The summed E-state index contributed by atoms with van der Waals surface area (Å²) in [5.74, 6) is -0.489. The van der Waals surface area contributed by atoms with Crippen LogP contribution in [0.3, 0.4) is 0 Å². The van der Waals surface area contributed by atoms with Crippen molar-refractivity contribution in [2.75, 3.05) is 6.61 Å². The topological polar surface area (TPSA) is 88.0 Å². The van der Waals surface area contributed by atoms with Gasteiger partial charge in [0.25, 0.3) is 6.02 Å². The van der Waals surface area contributed by atoms with Gasteiger partial charge in [-0.05, 0) is 51.0 Å². The number of aliphatic hydroxyl groups is 1. The van der Waals surface area contributed by atoms with Gasteiger partial charge in [0.15, 0.2) is 4.75 Å². The van der Waals surface area contributed by atoms with E-state index in [2.05, 4.69) is 25.6 Å². The number of halogens is 2. The molecule has 0 bridgehead atoms. The molecule has 1 aliphatic rings. The number of aliphatic imine (C=N–C) groups is 1. The van der Waals surface area contributed by atoms with Crippen molar-refractivity contribution in [2.24, 2.45) is 4.99 Å². The molecule has 2 atom stereocenters. The first-order valence-electron chi connectivity index (χ1n) is 9.42. The van der Waals surface area contributed by atoms with Crippen molar-refractivity contribution >= 4 is 32.0 Å². The highest BCUT2D eigenvalue weighted by atomic mass is 79.9. The number of hydrogen-bond acceptors (Lipinski definition) is 5. The van der Waals surface area contributed by atoms with Crippen molar-refractivity contribution in [3.8, 4) is 0 Å². The predicted octanol–water partition coefficient (Wildman–Crippen LogP) is 4.01. The van der Waals surface area contributed by atoms with E-state index in [0.29, 0.717) is 5.56 Å². The van der Waals surface area contributed by atoms with Crippen molar-refractivity contribution < 1.29 is 22.7 Å². The Morgan fingerprint density at radius 2 is 1.90 bits per heavy atom. The molecule has 162 valence electrons. The van der Waals surface area contributed by atoms with E-state index in [1.165, 1.54) is 6.07 Å². The van der Waals surface area contributed by atoms with Gasteiger partial charge in [0.05, 0.1) is 6.04 Å². The van der Waals surface area contributed by atoms with Crippen LogP contribution in [0, 0.1) is 5.82 Å². The average Bonchev–Trinajstić information content (AvgIpc) is 2.65. The Kier molecular flexibility index (Phi) is 6.27. The van der Waals surface area contributed by atoms with E-state index in [1.807, 2.05) is 6.07 Å². The fraction of sp³-hybridized carbons (Fsp3) is 0.381. The van der Waals surface area contributed by atoms with E-state index in [9.17, 15) is 17.9 Å². The summed E-state index contributed by atoms with van der Waals surface area (Å²) in [6, 6.07) is 12.0. The molecule has 3 rings (SSSR count). The third-order valence-electron chi connectivity index (χ3n) is 5.58. The Hall–Kier alpha value is -1.97. The smallest absolute Gasteiger partial charge is 0.299 e. The summed E-state index contributed by atoms with van der Waals surface area (Å²) in [4.78, 5) is 4.32. The summed E-state index contributed by atoms with van der Waals surface area (Å²) in [6.07, 6.45) is 0.110. The summed E-state index contributed by atoms with van der Waals surface area (Å²) in [5.41, 5.74) is -0.398. The number of aliphatic hydroxyl groups excluding tert-OH is 1. The fourth-order valence-corrected chi connectivity index (χ4v) is 5.59. The Bertz CT molecular complexity index is 1070. The Labute approximate surface area is 184 Å². The quantitative estimate of drug-likeness (QED) is 0.651. The lowest BCUT2D eigenvalue weighted by molar-refractivity contribution is 0.0381. The molecule has 0 amide bonds. The van der Waals surface area contributed by atoms with Gasteiger partial charge in [-0.3, -0.25) is 0 Å².